The van der Waals surface area contributed by atoms with Crippen LogP contribution in [0.15, 0.2) is 17.3 Å². The summed E-state index contributed by atoms with van der Waals surface area (Å²) in [5, 5.41) is 3.41. The largest absolute Gasteiger partial charge is 0.462 e. The van der Waals surface area contributed by atoms with Crippen molar-refractivity contribution < 1.29 is 19.1 Å². The van der Waals surface area contributed by atoms with Gasteiger partial charge >= 0.3 is 11.9 Å². The van der Waals surface area contributed by atoms with Crippen molar-refractivity contribution >= 4 is 17.8 Å². The highest BCUT2D eigenvalue weighted by molar-refractivity contribution is 5.93. The maximum atomic E-state index is 11.9. The number of unbranched alkanes of at least 4 members (excludes halogenated alkanes) is 3. The average molecular weight is 356 g/mol. The zero-order valence-electron chi connectivity index (χ0n) is 15.5. The molecule has 1 unspecified atom stereocenters. The van der Waals surface area contributed by atoms with Crippen molar-refractivity contribution in [2.45, 2.75) is 77.9 Å². The number of nitrogens with zero attached hydrogens (tertiary/aromatic N) is 1. The van der Waals surface area contributed by atoms with Crippen LogP contribution in [0.3, 0.4) is 0 Å². The van der Waals surface area contributed by atoms with Crippen LogP contribution in [0.5, 0.6) is 0 Å². The number of carbonyl (C=O) groups excluding carboxylic acids is 2. The molecule has 2 atom stereocenters. The van der Waals surface area contributed by atoms with Gasteiger partial charge in [-0.25, -0.2) is 10.6 Å². The number of hydrogen-bond donors (Lipinski definition) is 3. The number of ether oxygens (including phenoxy) is 2. The Morgan fingerprint density at radius 2 is 1.84 bits per heavy atom. The monoisotopic (exact) mass is 356 g/mol. The minimum Gasteiger partial charge on any atom is -0.462 e. The first-order chi connectivity index (χ1) is 11.8. The predicted molar refractivity (Wildman–Crippen MR) is 97.2 cm³/mol. The number of nitrogens with one attached hydrogen (secondary N) is 1. The Bertz CT molecular complexity index is 466. The van der Waals surface area contributed by atoms with E-state index >= 15 is 0 Å². The summed E-state index contributed by atoms with van der Waals surface area (Å²) >= 11 is 0. The lowest BCUT2D eigenvalue weighted by atomic mass is 10.1. The Balaban J connectivity index is 4.16. The third kappa shape index (κ3) is 11.1. The molecule has 0 saturated carbocycles. The smallest absolute Gasteiger partial charge is 0.334 e. The molecule has 5 N–H and O–H groups in total. The molecule has 0 radical (unpaired) electrons. The van der Waals surface area contributed by atoms with Crippen molar-refractivity contribution in [1.82, 2.24) is 5.43 Å². The number of hydrazone groups is 1. The SMILES string of the molecule is C=C(CC(=O)O[C@H](C)CCCCCC)C(=O)OC(C)C/C(=N/N)NN. The van der Waals surface area contributed by atoms with Gasteiger partial charge in [-0.2, -0.15) is 5.10 Å². The topological polar surface area (TPSA) is 129 Å². The first kappa shape index (κ1) is 22.9. The molecule has 0 fully saturated rings. The molecule has 0 aromatic carbocycles. The van der Waals surface area contributed by atoms with Gasteiger partial charge in [0.25, 0.3) is 0 Å². The fourth-order valence-corrected chi connectivity index (χ4v) is 2.16. The van der Waals surface area contributed by atoms with Crippen LogP contribution >= 0.6 is 0 Å². The van der Waals surface area contributed by atoms with Crippen LogP contribution in [0.25, 0.3) is 0 Å². The van der Waals surface area contributed by atoms with Crippen LogP contribution in [-0.2, 0) is 19.1 Å². The fraction of sp³-hybridized carbons (Fsp3) is 0.706. The van der Waals surface area contributed by atoms with Crippen LogP contribution in [0.2, 0.25) is 0 Å². The zero-order valence-corrected chi connectivity index (χ0v) is 15.5. The molecular weight excluding hydrogens is 324 g/mol. The minimum absolute atomic E-state index is 0.0435. The summed E-state index contributed by atoms with van der Waals surface area (Å²) in [6.07, 6.45) is 4.63. The summed E-state index contributed by atoms with van der Waals surface area (Å²) in [6, 6.07) is 0. The molecule has 0 spiro atoms. The average Bonchev–Trinajstić information content (AvgIpc) is 2.56. The normalized spacial score (nSPS) is 13.7. The molecule has 8 nitrogen and oxygen atoms in total. The summed E-state index contributed by atoms with van der Waals surface area (Å²) in [5.41, 5.74) is 2.34. The first-order valence-electron chi connectivity index (χ1n) is 8.65. The van der Waals surface area contributed by atoms with E-state index in [-0.39, 0.29) is 24.5 Å². The lowest BCUT2D eigenvalue weighted by Gasteiger charge is -2.16. The Morgan fingerprint density at radius 3 is 2.40 bits per heavy atom. The van der Waals surface area contributed by atoms with Crippen molar-refractivity contribution in [3.05, 3.63) is 12.2 Å². The summed E-state index contributed by atoms with van der Waals surface area (Å²) < 4.78 is 10.5. The first-order valence-corrected chi connectivity index (χ1v) is 8.65. The molecule has 0 rings (SSSR count). The molecule has 0 aliphatic rings. The fourth-order valence-electron chi connectivity index (χ4n) is 2.16. The highest BCUT2D eigenvalue weighted by Crippen LogP contribution is 2.11. The van der Waals surface area contributed by atoms with E-state index < -0.39 is 18.0 Å². The lowest BCUT2D eigenvalue weighted by Crippen LogP contribution is -2.34. The van der Waals surface area contributed by atoms with E-state index in [1.165, 1.54) is 6.42 Å². The zero-order chi connectivity index (χ0) is 19.2. The number of hydrogen-bond acceptors (Lipinski definition) is 7. The number of esters is 2. The van der Waals surface area contributed by atoms with Gasteiger partial charge in [0, 0.05) is 12.0 Å². The third-order valence-electron chi connectivity index (χ3n) is 3.55. The van der Waals surface area contributed by atoms with E-state index in [4.69, 9.17) is 21.2 Å². The van der Waals surface area contributed by atoms with Crippen molar-refractivity contribution in [2.24, 2.45) is 16.8 Å². The maximum absolute atomic E-state index is 11.9. The van der Waals surface area contributed by atoms with Gasteiger partial charge in [0.1, 0.15) is 11.9 Å². The van der Waals surface area contributed by atoms with Crippen molar-refractivity contribution in [3.8, 4) is 0 Å². The predicted octanol–water partition coefficient (Wildman–Crippen LogP) is 1.89. The van der Waals surface area contributed by atoms with Gasteiger partial charge in [-0.05, 0) is 26.7 Å². The van der Waals surface area contributed by atoms with Crippen LogP contribution in [0.4, 0.5) is 0 Å². The van der Waals surface area contributed by atoms with Crippen molar-refractivity contribution in [2.75, 3.05) is 0 Å². The summed E-state index contributed by atoms with van der Waals surface area (Å²) in [5.74, 6) is 9.47. The van der Waals surface area contributed by atoms with E-state index in [0.29, 0.717) is 5.84 Å². The lowest BCUT2D eigenvalue weighted by molar-refractivity contribution is -0.151. The number of carbonyl (C=O) groups is 2. The van der Waals surface area contributed by atoms with Gasteiger partial charge in [0.15, 0.2) is 0 Å². The molecule has 8 heteroatoms. The van der Waals surface area contributed by atoms with Crippen LogP contribution in [0.1, 0.15) is 65.7 Å². The van der Waals surface area contributed by atoms with E-state index in [1.807, 2.05) is 6.92 Å². The molecule has 0 bridgehead atoms. The van der Waals surface area contributed by atoms with E-state index in [2.05, 4.69) is 24.0 Å². The highest BCUT2D eigenvalue weighted by Gasteiger charge is 2.19. The Labute approximate surface area is 150 Å². The van der Waals surface area contributed by atoms with Crippen LogP contribution < -0.4 is 17.1 Å². The molecule has 0 amide bonds. The van der Waals surface area contributed by atoms with Crippen LogP contribution in [-0.4, -0.2) is 30.0 Å². The Hall–Kier alpha value is -2.09. The molecule has 0 heterocycles. The molecule has 144 valence electrons. The standard InChI is InChI=1S/C17H32N4O4/c1-5-6-7-8-9-13(3)24-16(22)10-12(2)17(23)25-14(4)11-15(20-18)21-19/h13-14H,2,5-11,18-19H2,1,3-4H3,(H,20,21)/t13-,14?/m1/s1. The summed E-state index contributed by atoms with van der Waals surface area (Å²) in [4.78, 5) is 23.8. The summed E-state index contributed by atoms with van der Waals surface area (Å²) in [6.45, 7) is 9.24. The van der Waals surface area contributed by atoms with Gasteiger partial charge in [-0.1, -0.05) is 32.8 Å². The van der Waals surface area contributed by atoms with Crippen molar-refractivity contribution in [3.63, 3.8) is 0 Å². The number of nitrogens with two attached hydrogens (primary N) is 2. The van der Waals surface area contributed by atoms with E-state index in [9.17, 15) is 9.59 Å². The third-order valence-corrected chi connectivity index (χ3v) is 3.55. The molecule has 0 aromatic rings. The van der Waals surface area contributed by atoms with Gasteiger partial charge in [-0.15, -0.1) is 0 Å². The number of hydrazine groups is 1. The van der Waals surface area contributed by atoms with Gasteiger partial charge in [0.2, 0.25) is 0 Å². The van der Waals surface area contributed by atoms with Crippen LogP contribution in [0, 0.1) is 0 Å². The van der Waals surface area contributed by atoms with Gasteiger partial charge in [0.05, 0.1) is 12.5 Å². The maximum Gasteiger partial charge on any atom is 0.334 e. The number of amidine groups is 1. The molecule has 0 aromatic heterocycles. The van der Waals surface area contributed by atoms with Gasteiger partial charge < -0.3 is 20.7 Å². The molecule has 0 aliphatic carbocycles. The Morgan fingerprint density at radius 1 is 1.16 bits per heavy atom. The minimum atomic E-state index is -0.659. The van der Waals surface area contributed by atoms with Gasteiger partial charge in [-0.3, -0.25) is 4.79 Å². The molecule has 0 saturated heterocycles. The summed E-state index contributed by atoms with van der Waals surface area (Å²) in [7, 11) is 0. The quantitative estimate of drug-likeness (QED) is 0.0926. The second-order valence-electron chi connectivity index (χ2n) is 6.07. The molecule has 25 heavy (non-hydrogen) atoms. The second-order valence-corrected chi connectivity index (χ2v) is 6.07. The molecule has 0 aliphatic heterocycles. The van der Waals surface area contributed by atoms with E-state index in [0.717, 1.165) is 25.7 Å². The highest BCUT2D eigenvalue weighted by atomic mass is 16.5. The van der Waals surface area contributed by atoms with Crippen molar-refractivity contribution in [1.29, 1.82) is 0 Å². The Kier molecular flexibility index (Phi) is 12.1. The number of rotatable bonds is 12. The van der Waals surface area contributed by atoms with E-state index in [1.54, 1.807) is 6.92 Å². The molecular formula is C17H32N4O4. The second kappa shape index (κ2) is 13.2.